The Balaban J connectivity index is 1.82. The van der Waals surface area contributed by atoms with E-state index in [2.05, 4.69) is 10.3 Å². The monoisotopic (exact) mass is 344 g/mol. The first-order chi connectivity index (χ1) is 12.0. The molecule has 6 nitrogen and oxygen atoms in total. The quantitative estimate of drug-likeness (QED) is 0.752. The van der Waals surface area contributed by atoms with Crippen LogP contribution in [0.4, 0.5) is 0 Å². The minimum atomic E-state index is -0.375. The second-order valence-corrected chi connectivity index (χ2v) is 7.22. The van der Waals surface area contributed by atoms with Gasteiger partial charge in [-0.25, -0.2) is 4.79 Å². The van der Waals surface area contributed by atoms with Crippen LogP contribution in [0.2, 0.25) is 0 Å². The Morgan fingerprint density at radius 1 is 1.32 bits per heavy atom. The molecule has 1 aromatic carbocycles. The van der Waals surface area contributed by atoms with Crippen LogP contribution in [-0.4, -0.2) is 27.5 Å². The molecule has 1 amide bonds. The second-order valence-electron chi connectivity index (χ2n) is 7.22. The van der Waals surface area contributed by atoms with Gasteiger partial charge in [-0.3, -0.25) is 9.36 Å². The van der Waals surface area contributed by atoms with E-state index in [0.29, 0.717) is 12.1 Å². The van der Waals surface area contributed by atoms with Crippen LogP contribution in [-0.2, 0) is 0 Å². The van der Waals surface area contributed by atoms with E-state index in [1.165, 1.54) is 12.8 Å². The van der Waals surface area contributed by atoms with Crippen LogP contribution in [0.5, 0.6) is 0 Å². The van der Waals surface area contributed by atoms with Crippen molar-refractivity contribution in [2.45, 2.75) is 64.0 Å². The molecule has 1 aliphatic carbocycles. The number of hydrogen-bond acceptors (Lipinski definition) is 3. The zero-order chi connectivity index (χ0) is 18.0. The smallest absolute Gasteiger partial charge is 0.326 e. The molecule has 25 heavy (non-hydrogen) atoms. The fourth-order valence-corrected chi connectivity index (χ4v) is 3.66. The van der Waals surface area contributed by atoms with Gasteiger partial charge in [0.15, 0.2) is 0 Å². The van der Waals surface area contributed by atoms with Crippen molar-refractivity contribution in [3.05, 3.63) is 34.2 Å². The highest BCUT2D eigenvalue weighted by atomic mass is 16.2. The molecule has 0 saturated heterocycles. The maximum Gasteiger partial charge on any atom is 0.326 e. The standard InChI is InChI=1S/C19H28N4O2/c1-3-19(20,4-2)12-21-17(24)13-9-10-16-15(11-13)22-18(25)23(16)14-7-5-6-8-14/h9-11,14H,3-8,12,20H2,1-2H3,(H,21,24)(H,22,25). The molecule has 0 radical (unpaired) electrons. The Kier molecular flexibility index (Phi) is 4.99. The van der Waals surface area contributed by atoms with Crippen LogP contribution in [0.15, 0.2) is 23.0 Å². The van der Waals surface area contributed by atoms with Crippen LogP contribution < -0.4 is 16.7 Å². The summed E-state index contributed by atoms with van der Waals surface area (Å²) in [4.78, 5) is 27.7. The van der Waals surface area contributed by atoms with E-state index in [1.54, 1.807) is 12.1 Å². The largest absolute Gasteiger partial charge is 0.350 e. The topological polar surface area (TPSA) is 92.9 Å². The number of benzene rings is 1. The van der Waals surface area contributed by atoms with Crippen molar-refractivity contribution in [1.29, 1.82) is 0 Å². The van der Waals surface area contributed by atoms with Gasteiger partial charge in [0.1, 0.15) is 0 Å². The summed E-state index contributed by atoms with van der Waals surface area (Å²) in [7, 11) is 0. The average Bonchev–Trinajstić information content (AvgIpc) is 3.25. The molecular weight excluding hydrogens is 316 g/mol. The predicted octanol–water partition coefficient (Wildman–Crippen LogP) is 2.69. The summed E-state index contributed by atoms with van der Waals surface area (Å²) < 4.78 is 1.85. The van der Waals surface area contributed by atoms with Crippen molar-refractivity contribution in [1.82, 2.24) is 14.9 Å². The Hall–Kier alpha value is -2.08. The molecule has 0 bridgehead atoms. The van der Waals surface area contributed by atoms with Crippen LogP contribution in [0.25, 0.3) is 11.0 Å². The van der Waals surface area contributed by atoms with Crippen molar-refractivity contribution in [2.24, 2.45) is 5.73 Å². The number of nitrogens with one attached hydrogen (secondary N) is 2. The van der Waals surface area contributed by atoms with E-state index in [9.17, 15) is 9.59 Å². The number of aromatic nitrogens is 2. The van der Waals surface area contributed by atoms with Crippen molar-refractivity contribution in [3.63, 3.8) is 0 Å². The van der Waals surface area contributed by atoms with Gasteiger partial charge in [-0.1, -0.05) is 26.7 Å². The number of nitrogens with two attached hydrogens (primary N) is 1. The lowest BCUT2D eigenvalue weighted by atomic mass is 9.94. The SMILES string of the molecule is CCC(N)(CC)CNC(=O)c1ccc2c(c1)[nH]c(=O)n2C1CCCC1. The van der Waals surface area contributed by atoms with Crippen LogP contribution in [0.1, 0.15) is 68.8 Å². The van der Waals surface area contributed by atoms with Gasteiger partial charge in [0.2, 0.25) is 0 Å². The number of amides is 1. The molecule has 136 valence electrons. The van der Waals surface area contributed by atoms with E-state index in [1.807, 2.05) is 24.5 Å². The van der Waals surface area contributed by atoms with Gasteiger partial charge < -0.3 is 16.0 Å². The van der Waals surface area contributed by atoms with Gasteiger partial charge in [0.25, 0.3) is 5.91 Å². The highest BCUT2D eigenvalue weighted by Gasteiger charge is 2.23. The third kappa shape index (κ3) is 3.49. The molecular formula is C19H28N4O2. The minimum absolute atomic E-state index is 0.0857. The summed E-state index contributed by atoms with van der Waals surface area (Å²) in [5.74, 6) is -0.159. The van der Waals surface area contributed by atoms with E-state index in [4.69, 9.17) is 5.73 Å². The van der Waals surface area contributed by atoms with Gasteiger partial charge in [0.05, 0.1) is 11.0 Å². The molecule has 0 spiro atoms. The van der Waals surface area contributed by atoms with Crippen LogP contribution in [0.3, 0.4) is 0 Å². The molecule has 6 heteroatoms. The molecule has 1 heterocycles. The molecule has 1 aromatic heterocycles. The van der Waals surface area contributed by atoms with Crippen LogP contribution >= 0.6 is 0 Å². The lowest BCUT2D eigenvalue weighted by molar-refractivity contribution is 0.0942. The van der Waals surface area contributed by atoms with Gasteiger partial charge in [-0.2, -0.15) is 0 Å². The molecule has 1 saturated carbocycles. The number of nitrogens with zero attached hydrogens (tertiary/aromatic N) is 1. The first-order valence-electron chi connectivity index (χ1n) is 9.29. The summed E-state index contributed by atoms with van der Waals surface area (Å²) in [6.07, 6.45) is 6.03. The lowest BCUT2D eigenvalue weighted by Gasteiger charge is -2.26. The summed E-state index contributed by atoms with van der Waals surface area (Å²) in [5, 5.41) is 2.92. The van der Waals surface area contributed by atoms with E-state index >= 15 is 0 Å². The summed E-state index contributed by atoms with van der Waals surface area (Å²) in [6.45, 7) is 4.49. The van der Waals surface area contributed by atoms with E-state index in [0.717, 1.165) is 36.7 Å². The summed E-state index contributed by atoms with van der Waals surface area (Å²) in [6, 6.07) is 5.68. The first kappa shape index (κ1) is 17.7. The number of imidazole rings is 1. The van der Waals surface area contributed by atoms with Crippen molar-refractivity contribution in [3.8, 4) is 0 Å². The molecule has 0 atom stereocenters. The highest BCUT2D eigenvalue weighted by molar-refractivity contribution is 5.97. The van der Waals surface area contributed by atoms with Crippen molar-refractivity contribution in [2.75, 3.05) is 6.54 Å². The van der Waals surface area contributed by atoms with Gasteiger partial charge in [-0.05, 0) is 43.9 Å². The first-order valence-corrected chi connectivity index (χ1v) is 9.29. The zero-order valence-electron chi connectivity index (χ0n) is 15.1. The summed E-state index contributed by atoms with van der Waals surface area (Å²) in [5.41, 5.74) is 7.92. The molecule has 4 N–H and O–H groups in total. The maximum absolute atomic E-state index is 12.4. The predicted molar refractivity (Wildman–Crippen MR) is 99.9 cm³/mol. The van der Waals surface area contributed by atoms with E-state index in [-0.39, 0.29) is 23.2 Å². The molecule has 1 fully saturated rings. The molecule has 0 aliphatic heterocycles. The second kappa shape index (κ2) is 7.04. The third-order valence-electron chi connectivity index (χ3n) is 5.68. The Morgan fingerprint density at radius 3 is 2.64 bits per heavy atom. The molecule has 3 rings (SSSR count). The Labute approximate surface area is 147 Å². The fraction of sp³-hybridized carbons (Fsp3) is 0.579. The average molecular weight is 344 g/mol. The number of hydrogen-bond donors (Lipinski definition) is 3. The number of aromatic amines is 1. The zero-order valence-corrected chi connectivity index (χ0v) is 15.1. The number of H-pyrrole nitrogens is 1. The maximum atomic E-state index is 12.4. The highest BCUT2D eigenvalue weighted by Crippen LogP contribution is 2.30. The Morgan fingerprint density at radius 2 is 2.00 bits per heavy atom. The van der Waals surface area contributed by atoms with Gasteiger partial charge in [0, 0.05) is 23.7 Å². The molecule has 0 unspecified atom stereocenters. The van der Waals surface area contributed by atoms with Crippen molar-refractivity contribution < 1.29 is 4.79 Å². The third-order valence-corrected chi connectivity index (χ3v) is 5.68. The van der Waals surface area contributed by atoms with E-state index < -0.39 is 0 Å². The summed E-state index contributed by atoms with van der Waals surface area (Å²) >= 11 is 0. The normalized spacial score (nSPS) is 15.8. The number of carbonyl (C=O) groups is 1. The van der Waals surface area contributed by atoms with Gasteiger partial charge >= 0.3 is 5.69 Å². The molecule has 2 aromatic rings. The number of rotatable bonds is 6. The minimum Gasteiger partial charge on any atom is -0.350 e. The van der Waals surface area contributed by atoms with Gasteiger partial charge in [-0.15, -0.1) is 0 Å². The van der Waals surface area contributed by atoms with Crippen LogP contribution in [0, 0.1) is 0 Å². The number of carbonyl (C=O) groups excluding carboxylic acids is 1. The number of fused-ring (bicyclic) bond motifs is 1. The Bertz CT molecular complexity index is 810. The lowest BCUT2D eigenvalue weighted by Crippen LogP contribution is -2.49. The molecule has 1 aliphatic rings. The van der Waals surface area contributed by atoms with Crippen molar-refractivity contribution >= 4 is 16.9 Å². The fourth-order valence-electron chi connectivity index (χ4n) is 3.66.